The molecule has 0 saturated carbocycles. The zero-order valence-corrected chi connectivity index (χ0v) is 19.0. The van der Waals surface area contributed by atoms with E-state index in [1.807, 2.05) is 6.92 Å². The van der Waals surface area contributed by atoms with Crippen LogP contribution in [0, 0.1) is 6.92 Å². The minimum absolute atomic E-state index is 0.0339. The highest BCUT2D eigenvalue weighted by atomic mass is 19.4. The SMILES string of the molecule is COc1nc(-c2cnc(N3CCN(CCOCCO)CC3)c(C(F)(F)F)c2)cn2cc(C)nc12. The van der Waals surface area contributed by atoms with Crippen LogP contribution in [0.25, 0.3) is 16.9 Å². The number of rotatable bonds is 8. The van der Waals surface area contributed by atoms with Crippen molar-refractivity contribution in [2.75, 3.05) is 64.6 Å². The molecule has 3 aromatic heterocycles. The Hall–Kier alpha value is -2.96. The van der Waals surface area contributed by atoms with Gasteiger partial charge in [0.1, 0.15) is 5.82 Å². The van der Waals surface area contributed by atoms with Crippen LogP contribution in [0.4, 0.5) is 19.0 Å². The normalized spacial score (nSPS) is 15.3. The van der Waals surface area contributed by atoms with Gasteiger partial charge in [-0.25, -0.2) is 15.0 Å². The monoisotopic (exact) mass is 480 g/mol. The third kappa shape index (κ3) is 5.24. The van der Waals surface area contributed by atoms with Gasteiger partial charge in [0.2, 0.25) is 5.65 Å². The molecule has 0 amide bonds. The van der Waals surface area contributed by atoms with Crippen LogP contribution in [0.2, 0.25) is 0 Å². The largest absolute Gasteiger partial charge is 0.478 e. The van der Waals surface area contributed by atoms with Crippen LogP contribution >= 0.6 is 0 Å². The van der Waals surface area contributed by atoms with Gasteiger partial charge in [0, 0.05) is 56.9 Å². The van der Waals surface area contributed by atoms with Crippen molar-refractivity contribution >= 4 is 11.5 Å². The maximum atomic E-state index is 14.0. The van der Waals surface area contributed by atoms with E-state index in [9.17, 15) is 13.2 Å². The number of aliphatic hydroxyl groups is 1. The molecule has 0 radical (unpaired) electrons. The Morgan fingerprint density at radius 2 is 1.85 bits per heavy atom. The fraction of sp³-hybridized carbons (Fsp3) is 0.500. The summed E-state index contributed by atoms with van der Waals surface area (Å²) >= 11 is 0. The van der Waals surface area contributed by atoms with E-state index in [0.29, 0.717) is 50.7 Å². The first-order chi connectivity index (χ1) is 16.3. The van der Waals surface area contributed by atoms with Gasteiger partial charge in [0.15, 0.2) is 0 Å². The van der Waals surface area contributed by atoms with E-state index in [1.54, 1.807) is 21.7 Å². The molecule has 4 rings (SSSR count). The van der Waals surface area contributed by atoms with E-state index < -0.39 is 11.7 Å². The molecular formula is C22H27F3N6O3. The van der Waals surface area contributed by atoms with Crippen molar-refractivity contribution in [3.05, 3.63) is 35.9 Å². The van der Waals surface area contributed by atoms with Gasteiger partial charge in [-0.15, -0.1) is 0 Å². The Morgan fingerprint density at radius 3 is 2.53 bits per heavy atom. The lowest BCUT2D eigenvalue weighted by molar-refractivity contribution is -0.137. The van der Waals surface area contributed by atoms with E-state index >= 15 is 0 Å². The number of nitrogens with zero attached hydrogens (tertiary/aromatic N) is 6. The van der Waals surface area contributed by atoms with E-state index in [2.05, 4.69) is 19.9 Å². The van der Waals surface area contributed by atoms with E-state index in [0.717, 1.165) is 11.8 Å². The summed E-state index contributed by atoms with van der Waals surface area (Å²) in [7, 11) is 1.44. The third-order valence-corrected chi connectivity index (χ3v) is 5.65. The molecule has 34 heavy (non-hydrogen) atoms. The number of imidazole rings is 1. The summed E-state index contributed by atoms with van der Waals surface area (Å²) in [6, 6.07) is 1.09. The second kappa shape index (κ2) is 10.1. The number of aliphatic hydroxyl groups excluding tert-OH is 1. The number of halogens is 3. The number of hydrogen-bond acceptors (Lipinski definition) is 8. The zero-order valence-electron chi connectivity index (χ0n) is 19.0. The molecule has 1 aliphatic heterocycles. The Morgan fingerprint density at radius 1 is 1.09 bits per heavy atom. The van der Waals surface area contributed by atoms with Crippen LogP contribution in [0.1, 0.15) is 11.3 Å². The molecule has 184 valence electrons. The highest BCUT2D eigenvalue weighted by Crippen LogP contribution is 2.38. The van der Waals surface area contributed by atoms with E-state index in [4.69, 9.17) is 14.6 Å². The van der Waals surface area contributed by atoms with Crippen molar-refractivity contribution < 1.29 is 27.8 Å². The van der Waals surface area contributed by atoms with E-state index in [-0.39, 0.29) is 30.5 Å². The number of fused-ring (bicyclic) bond motifs is 1. The number of hydrogen-bond donors (Lipinski definition) is 1. The predicted octanol–water partition coefficient (Wildman–Crippen LogP) is 2.26. The van der Waals surface area contributed by atoms with Crippen LogP contribution in [0.3, 0.4) is 0 Å². The van der Waals surface area contributed by atoms with Crippen LogP contribution < -0.4 is 9.64 Å². The van der Waals surface area contributed by atoms with Gasteiger partial charge in [0.25, 0.3) is 5.88 Å². The molecular weight excluding hydrogens is 453 g/mol. The minimum Gasteiger partial charge on any atom is -0.478 e. The topological polar surface area (TPSA) is 88.3 Å². The van der Waals surface area contributed by atoms with Gasteiger partial charge in [-0.3, -0.25) is 4.90 Å². The van der Waals surface area contributed by atoms with Crippen molar-refractivity contribution in [3.63, 3.8) is 0 Å². The average molecular weight is 480 g/mol. The molecule has 9 nitrogen and oxygen atoms in total. The summed E-state index contributed by atoms with van der Waals surface area (Å²) < 4.78 is 54.4. The summed E-state index contributed by atoms with van der Waals surface area (Å²) in [6.45, 7) is 5.22. The highest BCUT2D eigenvalue weighted by Gasteiger charge is 2.37. The van der Waals surface area contributed by atoms with Crippen molar-refractivity contribution in [1.82, 2.24) is 24.3 Å². The number of methoxy groups -OCH3 is 1. The molecule has 0 atom stereocenters. The van der Waals surface area contributed by atoms with Crippen molar-refractivity contribution in [3.8, 4) is 17.1 Å². The molecule has 1 aliphatic rings. The summed E-state index contributed by atoms with van der Waals surface area (Å²) in [4.78, 5) is 16.7. The Bertz CT molecular complexity index is 1130. The molecule has 0 aromatic carbocycles. The number of alkyl halides is 3. The molecule has 0 spiro atoms. The van der Waals surface area contributed by atoms with Crippen LogP contribution in [-0.2, 0) is 10.9 Å². The predicted molar refractivity (Wildman–Crippen MR) is 119 cm³/mol. The lowest BCUT2D eigenvalue weighted by Gasteiger charge is -2.36. The number of aromatic nitrogens is 4. The highest BCUT2D eigenvalue weighted by molar-refractivity contribution is 5.66. The number of anilines is 1. The first-order valence-electron chi connectivity index (χ1n) is 10.9. The van der Waals surface area contributed by atoms with Crippen molar-refractivity contribution in [2.45, 2.75) is 13.1 Å². The zero-order chi connectivity index (χ0) is 24.3. The Kier molecular flexibility index (Phi) is 7.19. The lowest BCUT2D eigenvalue weighted by atomic mass is 10.1. The molecule has 4 heterocycles. The number of pyridine rings is 1. The first-order valence-corrected chi connectivity index (χ1v) is 10.9. The summed E-state index contributed by atoms with van der Waals surface area (Å²) in [5.74, 6) is 0.140. The molecule has 0 bridgehead atoms. The minimum atomic E-state index is -4.58. The lowest BCUT2D eigenvalue weighted by Crippen LogP contribution is -2.48. The molecule has 12 heteroatoms. The van der Waals surface area contributed by atoms with Crippen LogP contribution in [-0.4, -0.2) is 89.0 Å². The fourth-order valence-corrected chi connectivity index (χ4v) is 3.97. The molecule has 1 fully saturated rings. The average Bonchev–Trinajstić information content (AvgIpc) is 3.21. The standard InChI is InChI=1S/C22H27F3N6O3/c1-15-13-31-14-18(28-21(33-2)20(31)27-15)16-11-17(22(23,24)25)19(26-12-16)30-5-3-29(4-6-30)7-9-34-10-8-32/h11-14,32H,3-10H2,1-2H3. The second-order valence-electron chi connectivity index (χ2n) is 8.01. The smallest absolute Gasteiger partial charge is 0.419 e. The van der Waals surface area contributed by atoms with Gasteiger partial charge < -0.3 is 23.9 Å². The summed E-state index contributed by atoms with van der Waals surface area (Å²) in [6.07, 6.45) is 0.209. The first kappa shape index (κ1) is 24.2. The van der Waals surface area contributed by atoms with Gasteiger partial charge in [-0.2, -0.15) is 13.2 Å². The van der Waals surface area contributed by atoms with E-state index in [1.165, 1.54) is 13.3 Å². The molecule has 1 N–H and O–H groups in total. The van der Waals surface area contributed by atoms with Crippen LogP contribution in [0.15, 0.2) is 24.7 Å². The molecule has 3 aromatic rings. The molecule has 1 saturated heterocycles. The van der Waals surface area contributed by atoms with Crippen LogP contribution in [0.5, 0.6) is 5.88 Å². The summed E-state index contributed by atoms with van der Waals surface area (Å²) in [5, 5.41) is 8.76. The second-order valence-corrected chi connectivity index (χ2v) is 8.01. The Labute approximate surface area is 194 Å². The quantitative estimate of drug-likeness (QED) is 0.492. The molecule has 0 aliphatic carbocycles. The van der Waals surface area contributed by atoms with Gasteiger partial charge in [-0.1, -0.05) is 0 Å². The fourth-order valence-electron chi connectivity index (χ4n) is 3.97. The third-order valence-electron chi connectivity index (χ3n) is 5.65. The molecule has 0 unspecified atom stereocenters. The van der Waals surface area contributed by atoms with Gasteiger partial charge in [-0.05, 0) is 13.0 Å². The number of aryl methyl sites for hydroxylation is 1. The summed E-state index contributed by atoms with van der Waals surface area (Å²) in [5.41, 5.74) is 0.971. The number of ether oxygens (including phenoxy) is 2. The maximum Gasteiger partial charge on any atom is 0.419 e. The van der Waals surface area contributed by atoms with Gasteiger partial charge >= 0.3 is 6.18 Å². The van der Waals surface area contributed by atoms with Gasteiger partial charge in [0.05, 0.1) is 43.9 Å². The van der Waals surface area contributed by atoms with Crippen molar-refractivity contribution in [1.29, 1.82) is 0 Å². The Balaban J connectivity index is 1.58. The van der Waals surface area contributed by atoms with Crippen molar-refractivity contribution in [2.24, 2.45) is 0 Å². The maximum absolute atomic E-state index is 14.0. The number of piperazine rings is 1.